The Morgan fingerprint density at radius 2 is 1.62 bits per heavy atom. The lowest BCUT2D eigenvalue weighted by molar-refractivity contribution is -0.136. The molecule has 0 aliphatic carbocycles. The molecule has 2 aromatic rings. The van der Waals surface area contributed by atoms with Gasteiger partial charge in [-0.2, -0.15) is 0 Å². The van der Waals surface area contributed by atoms with Crippen molar-refractivity contribution in [1.82, 2.24) is 10.2 Å². The maximum absolute atomic E-state index is 12.6. The van der Waals surface area contributed by atoms with E-state index in [1.54, 1.807) is 0 Å². The first-order chi connectivity index (χ1) is 15.4. The molecule has 2 heterocycles. The number of amides is 2. The van der Waals surface area contributed by atoms with Gasteiger partial charge < -0.3 is 15.5 Å². The number of hydrogen-bond donors (Lipinski definition) is 2. The summed E-state index contributed by atoms with van der Waals surface area (Å²) in [6.07, 6.45) is 3.40. The van der Waals surface area contributed by atoms with E-state index in [-0.39, 0.29) is 6.04 Å². The van der Waals surface area contributed by atoms with Crippen molar-refractivity contribution in [2.45, 2.75) is 45.1 Å². The standard InChI is InChI=1S/C26H34N4O2/c1-18(2)19-6-9-22(10-7-19)28-26(32)25(31)27-17-24(30-13-4-5-14-30)20-8-11-23-21(16-20)12-15-29(23)3/h6-11,16,18,24H,4-5,12-15,17H2,1-3H3,(H,27,31)(H,28,32)/t24-/m0/s1. The highest BCUT2D eigenvalue weighted by Crippen LogP contribution is 2.32. The van der Waals surface area contributed by atoms with Gasteiger partial charge in [-0.15, -0.1) is 0 Å². The number of rotatable bonds is 6. The lowest BCUT2D eigenvalue weighted by atomic mass is 10.0. The van der Waals surface area contributed by atoms with Gasteiger partial charge in [0, 0.05) is 31.5 Å². The Labute approximate surface area is 191 Å². The molecule has 0 unspecified atom stereocenters. The van der Waals surface area contributed by atoms with Crippen LogP contribution in [0.5, 0.6) is 0 Å². The van der Waals surface area contributed by atoms with Crippen molar-refractivity contribution in [2.24, 2.45) is 0 Å². The van der Waals surface area contributed by atoms with Crippen LogP contribution in [0.3, 0.4) is 0 Å². The number of nitrogens with one attached hydrogen (secondary N) is 2. The highest BCUT2D eigenvalue weighted by atomic mass is 16.2. The minimum Gasteiger partial charge on any atom is -0.374 e. The second kappa shape index (κ2) is 9.74. The first-order valence-electron chi connectivity index (χ1n) is 11.7. The number of likely N-dealkylation sites (tertiary alicyclic amines) is 1. The highest BCUT2D eigenvalue weighted by molar-refractivity contribution is 6.39. The Kier molecular flexibility index (Phi) is 6.80. The molecule has 2 aliphatic heterocycles. The Morgan fingerprint density at radius 3 is 2.31 bits per heavy atom. The lowest BCUT2D eigenvalue weighted by Crippen LogP contribution is -2.41. The second-order valence-electron chi connectivity index (χ2n) is 9.26. The van der Waals surface area contributed by atoms with E-state index in [1.165, 1.54) is 35.2 Å². The number of carbonyl (C=O) groups excluding carboxylic acids is 2. The molecule has 0 saturated carbocycles. The first kappa shape index (κ1) is 22.3. The van der Waals surface area contributed by atoms with E-state index >= 15 is 0 Å². The van der Waals surface area contributed by atoms with E-state index < -0.39 is 11.8 Å². The molecule has 0 aromatic heterocycles. The number of hydrogen-bond acceptors (Lipinski definition) is 4. The predicted molar refractivity (Wildman–Crippen MR) is 129 cm³/mol. The number of benzene rings is 2. The molecule has 32 heavy (non-hydrogen) atoms. The van der Waals surface area contributed by atoms with E-state index in [1.807, 2.05) is 24.3 Å². The van der Waals surface area contributed by atoms with Crippen LogP contribution in [0.1, 0.15) is 55.3 Å². The zero-order valence-electron chi connectivity index (χ0n) is 19.4. The molecular weight excluding hydrogens is 400 g/mol. The number of fused-ring (bicyclic) bond motifs is 1. The van der Waals surface area contributed by atoms with Crippen LogP contribution in [-0.4, -0.2) is 49.9 Å². The fourth-order valence-electron chi connectivity index (χ4n) is 4.71. The Balaban J connectivity index is 1.40. The zero-order chi connectivity index (χ0) is 22.7. The second-order valence-corrected chi connectivity index (χ2v) is 9.26. The summed E-state index contributed by atoms with van der Waals surface area (Å²) in [6.45, 7) is 7.75. The largest absolute Gasteiger partial charge is 0.374 e. The number of anilines is 2. The average Bonchev–Trinajstić information content (AvgIpc) is 3.44. The lowest BCUT2D eigenvalue weighted by Gasteiger charge is -2.28. The molecule has 2 aliphatic rings. The molecule has 0 spiro atoms. The summed E-state index contributed by atoms with van der Waals surface area (Å²) < 4.78 is 0. The molecule has 6 heteroatoms. The summed E-state index contributed by atoms with van der Waals surface area (Å²) in [5, 5.41) is 5.59. The van der Waals surface area contributed by atoms with Crippen LogP contribution in [0.15, 0.2) is 42.5 Å². The minimum atomic E-state index is -0.627. The molecule has 1 atom stereocenters. The molecule has 2 N–H and O–H groups in total. The van der Waals surface area contributed by atoms with Crippen molar-refractivity contribution in [3.63, 3.8) is 0 Å². The third-order valence-electron chi connectivity index (χ3n) is 6.69. The molecule has 0 bridgehead atoms. The third-order valence-corrected chi connectivity index (χ3v) is 6.69. The summed E-state index contributed by atoms with van der Waals surface area (Å²) >= 11 is 0. The van der Waals surface area contributed by atoms with Gasteiger partial charge >= 0.3 is 11.8 Å². The molecule has 1 saturated heterocycles. The third kappa shape index (κ3) is 4.96. The van der Waals surface area contributed by atoms with Crippen molar-refractivity contribution in [3.8, 4) is 0 Å². The molecule has 1 fully saturated rings. The van der Waals surface area contributed by atoms with Gasteiger partial charge in [-0.1, -0.05) is 38.1 Å². The van der Waals surface area contributed by atoms with Crippen LogP contribution in [0.2, 0.25) is 0 Å². The molecule has 4 rings (SSSR count). The molecule has 170 valence electrons. The SMILES string of the molecule is CC(C)c1ccc(NC(=O)C(=O)NC[C@@H](c2ccc3c(c2)CCN3C)N2CCCC2)cc1. The van der Waals surface area contributed by atoms with Crippen LogP contribution >= 0.6 is 0 Å². The number of likely N-dealkylation sites (N-methyl/N-ethyl adjacent to an activating group) is 1. The Morgan fingerprint density at radius 1 is 0.938 bits per heavy atom. The molecule has 6 nitrogen and oxygen atoms in total. The molecule has 2 aromatic carbocycles. The summed E-state index contributed by atoms with van der Waals surface area (Å²) in [4.78, 5) is 29.7. The molecule has 0 radical (unpaired) electrons. The maximum Gasteiger partial charge on any atom is 0.313 e. The average molecular weight is 435 g/mol. The summed E-state index contributed by atoms with van der Waals surface area (Å²) in [7, 11) is 2.12. The van der Waals surface area contributed by atoms with E-state index in [9.17, 15) is 9.59 Å². The van der Waals surface area contributed by atoms with Gasteiger partial charge in [-0.3, -0.25) is 14.5 Å². The summed E-state index contributed by atoms with van der Waals surface area (Å²) in [5.74, 6) is -0.800. The Hall–Kier alpha value is -2.86. The van der Waals surface area contributed by atoms with Crippen LogP contribution in [0.4, 0.5) is 11.4 Å². The summed E-state index contributed by atoms with van der Waals surface area (Å²) in [6, 6.07) is 14.4. The summed E-state index contributed by atoms with van der Waals surface area (Å²) in [5.41, 5.74) is 5.70. The Bertz CT molecular complexity index is 964. The van der Waals surface area contributed by atoms with E-state index in [4.69, 9.17) is 0 Å². The highest BCUT2D eigenvalue weighted by Gasteiger charge is 2.27. The first-order valence-corrected chi connectivity index (χ1v) is 11.7. The van der Waals surface area contributed by atoms with Crippen molar-refractivity contribution in [3.05, 3.63) is 59.2 Å². The topological polar surface area (TPSA) is 64.7 Å². The van der Waals surface area contributed by atoms with Gasteiger partial charge in [0.05, 0.1) is 6.04 Å². The maximum atomic E-state index is 12.6. The van der Waals surface area contributed by atoms with Crippen molar-refractivity contribution in [2.75, 3.05) is 43.4 Å². The van der Waals surface area contributed by atoms with Crippen molar-refractivity contribution in [1.29, 1.82) is 0 Å². The monoisotopic (exact) mass is 434 g/mol. The molecular formula is C26H34N4O2. The van der Waals surface area contributed by atoms with Gasteiger partial charge in [0.1, 0.15) is 0 Å². The van der Waals surface area contributed by atoms with Crippen LogP contribution in [0, 0.1) is 0 Å². The number of nitrogens with zero attached hydrogens (tertiary/aromatic N) is 2. The fourth-order valence-corrected chi connectivity index (χ4v) is 4.71. The van der Waals surface area contributed by atoms with Crippen LogP contribution in [0.25, 0.3) is 0 Å². The van der Waals surface area contributed by atoms with E-state index in [0.717, 1.165) is 26.1 Å². The van der Waals surface area contributed by atoms with Gasteiger partial charge in [-0.05, 0) is 73.2 Å². The van der Waals surface area contributed by atoms with E-state index in [2.05, 4.69) is 59.5 Å². The van der Waals surface area contributed by atoms with Gasteiger partial charge in [-0.25, -0.2) is 0 Å². The van der Waals surface area contributed by atoms with Crippen molar-refractivity contribution >= 4 is 23.2 Å². The van der Waals surface area contributed by atoms with Gasteiger partial charge in [0.15, 0.2) is 0 Å². The van der Waals surface area contributed by atoms with Crippen LogP contribution in [-0.2, 0) is 16.0 Å². The predicted octanol–water partition coefficient (Wildman–Crippen LogP) is 3.69. The van der Waals surface area contributed by atoms with E-state index in [0.29, 0.717) is 18.2 Å². The van der Waals surface area contributed by atoms with Crippen molar-refractivity contribution < 1.29 is 9.59 Å². The van der Waals surface area contributed by atoms with Crippen LogP contribution < -0.4 is 15.5 Å². The normalized spacial score (nSPS) is 16.8. The quantitative estimate of drug-likeness (QED) is 0.681. The minimum absolute atomic E-state index is 0.0794. The van der Waals surface area contributed by atoms with Gasteiger partial charge in [0.2, 0.25) is 0 Å². The fraction of sp³-hybridized carbons (Fsp3) is 0.462. The number of carbonyl (C=O) groups is 2. The van der Waals surface area contributed by atoms with Gasteiger partial charge in [0.25, 0.3) is 0 Å². The molecule has 2 amide bonds. The zero-order valence-corrected chi connectivity index (χ0v) is 19.4. The smallest absolute Gasteiger partial charge is 0.313 e.